The fraction of sp³-hybridized carbons (Fsp3) is 0.0833. The minimum atomic E-state index is 0.469. The minimum absolute atomic E-state index is 0.469. The molecule has 2 aromatic rings. The number of rotatable bonds is 2. The summed E-state index contributed by atoms with van der Waals surface area (Å²) in [6, 6.07) is 7.16. The van der Waals surface area contributed by atoms with Crippen LogP contribution in [0.15, 0.2) is 34.9 Å². The monoisotopic (exact) mass is 331 g/mol. The predicted molar refractivity (Wildman–Crippen MR) is 73.2 cm³/mol. The molecular weight excluding hydrogens is 325 g/mol. The first-order valence-electron chi connectivity index (χ1n) is 4.81. The van der Waals surface area contributed by atoms with Crippen molar-refractivity contribution in [2.45, 2.75) is 6.92 Å². The van der Waals surface area contributed by atoms with Crippen molar-refractivity contribution >= 4 is 39.1 Å². The van der Waals surface area contributed by atoms with E-state index in [0.29, 0.717) is 26.1 Å². The second-order valence-electron chi connectivity index (χ2n) is 3.45. The summed E-state index contributed by atoms with van der Waals surface area (Å²) in [4.78, 5) is 4.09. The van der Waals surface area contributed by atoms with Gasteiger partial charge < -0.3 is 4.74 Å². The number of hydrogen-bond acceptors (Lipinski definition) is 2. The number of hydrogen-bond donors (Lipinski definition) is 0. The van der Waals surface area contributed by atoms with E-state index in [-0.39, 0.29) is 0 Å². The molecule has 1 aromatic heterocycles. The molecule has 0 aliphatic carbocycles. The number of aryl methyl sites for hydroxylation is 1. The Labute approximate surface area is 118 Å². The van der Waals surface area contributed by atoms with Crippen molar-refractivity contribution in [1.29, 1.82) is 0 Å². The Balaban J connectivity index is 2.28. The van der Waals surface area contributed by atoms with Crippen LogP contribution in [0.4, 0.5) is 0 Å². The van der Waals surface area contributed by atoms with Gasteiger partial charge in [-0.15, -0.1) is 0 Å². The zero-order valence-electron chi connectivity index (χ0n) is 8.88. The number of halogens is 3. The van der Waals surface area contributed by atoms with Crippen LogP contribution in [0.3, 0.4) is 0 Å². The zero-order chi connectivity index (χ0) is 12.4. The fourth-order valence-corrected chi connectivity index (χ4v) is 2.11. The van der Waals surface area contributed by atoms with Crippen molar-refractivity contribution in [3.05, 3.63) is 50.5 Å². The van der Waals surface area contributed by atoms with Crippen LogP contribution >= 0.6 is 39.1 Å². The third-order valence-corrected chi connectivity index (χ3v) is 3.32. The first-order chi connectivity index (χ1) is 8.06. The van der Waals surface area contributed by atoms with Gasteiger partial charge in [-0.25, -0.2) is 4.98 Å². The van der Waals surface area contributed by atoms with Gasteiger partial charge in [0.05, 0.1) is 9.50 Å². The van der Waals surface area contributed by atoms with E-state index < -0.39 is 0 Å². The van der Waals surface area contributed by atoms with Crippen molar-refractivity contribution in [3.63, 3.8) is 0 Å². The summed E-state index contributed by atoms with van der Waals surface area (Å²) in [5.41, 5.74) is 0.953. The molecule has 0 aliphatic heterocycles. The third-order valence-electron chi connectivity index (χ3n) is 2.12. The van der Waals surface area contributed by atoms with E-state index in [2.05, 4.69) is 20.9 Å². The Bertz CT molecular complexity index is 560. The number of aromatic nitrogens is 1. The van der Waals surface area contributed by atoms with E-state index in [1.54, 1.807) is 18.2 Å². The quantitative estimate of drug-likeness (QED) is 0.749. The molecule has 0 aliphatic rings. The standard InChI is InChI=1S/C12H8BrCl2NO/c1-7-4-9(2-3-11(7)15)17-12-10(13)5-8(14)6-16-12/h2-6H,1H3. The van der Waals surface area contributed by atoms with Gasteiger partial charge in [0, 0.05) is 11.2 Å². The molecule has 0 bridgehead atoms. The van der Waals surface area contributed by atoms with E-state index in [9.17, 15) is 0 Å². The Morgan fingerprint density at radius 2 is 2.00 bits per heavy atom. The highest BCUT2D eigenvalue weighted by molar-refractivity contribution is 9.10. The lowest BCUT2D eigenvalue weighted by Gasteiger charge is -2.08. The van der Waals surface area contributed by atoms with Gasteiger partial charge in [-0.2, -0.15) is 0 Å². The minimum Gasteiger partial charge on any atom is -0.438 e. The van der Waals surface area contributed by atoms with Crippen LogP contribution in [0.25, 0.3) is 0 Å². The first kappa shape index (κ1) is 12.7. The fourth-order valence-electron chi connectivity index (χ4n) is 1.27. The number of pyridine rings is 1. The van der Waals surface area contributed by atoms with Crippen molar-refractivity contribution in [1.82, 2.24) is 4.98 Å². The van der Waals surface area contributed by atoms with Crippen LogP contribution in [0.1, 0.15) is 5.56 Å². The molecular formula is C12H8BrCl2NO. The van der Waals surface area contributed by atoms with Gasteiger partial charge in [0.2, 0.25) is 5.88 Å². The highest BCUT2D eigenvalue weighted by Crippen LogP contribution is 2.30. The average molecular weight is 333 g/mol. The van der Waals surface area contributed by atoms with E-state index >= 15 is 0 Å². The van der Waals surface area contributed by atoms with Crippen molar-refractivity contribution in [2.24, 2.45) is 0 Å². The van der Waals surface area contributed by atoms with E-state index in [1.165, 1.54) is 6.20 Å². The first-order valence-corrected chi connectivity index (χ1v) is 6.36. The maximum atomic E-state index is 5.94. The van der Waals surface area contributed by atoms with Crippen molar-refractivity contribution in [2.75, 3.05) is 0 Å². The summed E-state index contributed by atoms with van der Waals surface area (Å²) in [5.74, 6) is 1.15. The molecule has 0 amide bonds. The lowest BCUT2D eigenvalue weighted by atomic mass is 10.2. The molecule has 1 heterocycles. The van der Waals surface area contributed by atoms with Gasteiger partial charge in [0.25, 0.3) is 0 Å². The molecule has 0 saturated carbocycles. The molecule has 0 spiro atoms. The van der Waals surface area contributed by atoms with Gasteiger partial charge in [-0.05, 0) is 52.7 Å². The molecule has 0 saturated heterocycles. The van der Waals surface area contributed by atoms with E-state index in [4.69, 9.17) is 27.9 Å². The highest BCUT2D eigenvalue weighted by Gasteiger charge is 2.06. The van der Waals surface area contributed by atoms with Crippen LogP contribution in [0.5, 0.6) is 11.6 Å². The van der Waals surface area contributed by atoms with Gasteiger partial charge in [0.1, 0.15) is 5.75 Å². The summed E-state index contributed by atoms with van der Waals surface area (Å²) in [5, 5.41) is 1.26. The number of nitrogens with zero attached hydrogens (tertiary/aromatic N) is 1. The van der Waals surface area contributed by atoms with Gasteiger partial charge in [-0.3, -0.25) is 0 Å². The van der Waals surface area contributed by atoms with Gasteiger partial charge >= 0.3 is 0 Å². The van der Waals surface area contributed by atoms with E-state index in [0.717, 1.165) is 5.56 Å². The molecule has 5 heteroatoms. The smallest absolute Gasteiger partial charge is 0.233 e. The summed E-state index contributed by atoms with van der Waals surface area (Å²) in [6.07, 6.45) is 1.53. The number of ether oxygens (including phenoxy) is 1. The molecule has 2 nitrogen and oxygen atoms in total. The Morgan fingerprint density at radius 1 is 1.24 bits per heavy atom. The zero-order valence-corrected chi connectivity index (χ0v) is 12.0. The Hall–Kier alpha value is -0.770. The summed E-state index contributed by atoms with van der Waals surface area (Å²) in [7, 11) is 0. The summed E-state index contributed by atoms with van der Waals surface area (Å²) < 4.78 is 6.33. The van der Waals surface area contributed by atoms with Crippen LogP contribution in [-0.4, -0.2) is 4.98 Å². The van der Waals surface area contributed by atoms with Crippen LogP contribution in [-0.2, 0) is 0 Å². The topological polar surface area (TPSA) is 22.1 Å². The maximum absolute atomic E-state index is 5.94. The second-order valence-corrected chi connectivity index (χ2v) is 5.15. The molecule has 1 aromatic carbocycles. The van der Waals surface area contributed by atoms with Crippen molar-refractivity contribution in [3.8, 4) is 11.6 Å². The van der Waals surface area contributed by atoms with E-state index in [1.807, 2.05) is 13.0 Å². The Morgan fingerprint density at radius 3 is 2.65 bits per heavy atom. The van der Waals surface area contributed by atoms with Crippen molar-refractivity contribution < 1.29 is 4.74 Å². The summed E-state index contributed by atoms with van der Waals surface area (Å²) in [6.45, 7) is 1.92. The average Bonchev–Trinajstić information content (AvgIpc) is 2.27. The second kappa shape index (κ2) is 5.25. The molecule has 0 atom stereocenters. The predicted octanol–water partition coefficient (Wildman–Crippen LogP) is 5.25. The van der Waals surface area contributed by atoms with Crippen LogP contribution in [0.2, 0.25) is 10.0 Å². The normalized spacial score (nSPS) is 10.4. The lowest BCUT2D eigenvalue weighted by molar-refractivity contribution is 0.459. The van der Waals surface area contributed by atoms with Crippen LogP contribution < -0.4 is 4.74 Å². The molecule has 0 radical (unpaired) electrons. The molecule has 0 N–H and O–H groups in total. The molecule has 88 valence electrons. The lowest BCUT2D eigenvalue weighted by Crippen LogP contribution is -1.89. The largest absolute Gasteiger partial charge is 0.438 e. The molecule has 0 unspecified atom stereocenters. The number of benzene rings is 1. The third kappa shape index (κ3) is 3.12. The van der Waals surface area contributed by atoms with Gasteiger partial charge in [0.15, 0.2) is 0 Å². The maximum Gasteiger partial charge on any atom is 0.233 e. The highest BCUT2D eigenvalue weighted by atomic mass is 79.9. The molecule has 17 heavy (non-hydrogen) atoms. The molecule has 0 fully saturated rings. The Kier molecular flexibility index (Phi) is 3.92. The van der Waals surface area contributed by atoms with Crippen LogP contribution in [0, 0.1) is 6.92 Å². The van der Waals surface area contributed by atoms with Gasteiger partial charge in [-0.1, -0.05) is 23.2 Å². The molecule has 2 rings (SSSR count). The SMILES string of the molecule is Cc1cc(Oc2ncc(Cl)cc2Br)ccc1Cl. The summed E-state index contributed by atoms with van der Waals surface area (Å²) >= 11 is 15.1.